The zero-order valence-corrected chi connectivity index (χ0v) is 11.0. The highest BCUT2D eigenvalue weighted by atomic mass is 35.5. The van der Waals surface area contributed by atoms with E-state index in [0.29, 0.717) is 18.2 Å². The van der Waals surface area contributed by atoms with Crippen LogP contribution in [0, 0.1) is 0 Å². The highest BCUT2D eigenvalue weighted by molar-refractivity contribution is 6.36. The van der Waals surface area contributed by atoms with Crippen LogP contribution in [0.2, 0.25) is 0 Å². The molecule has 17 heavy (non-hydrogen) atoms. The normalized spacial score (nSPS) is 12.1. The summed E-state index contributed by atoms with van der Waals surface area (Å²) in [5.41, 5.74) is 2.51. The Morgan fingerprint density at radius 2 is 2.24 bits per heavy atom. The average molecular weight is 270 g/mol. The Labute approximate surface area is 110 Å². The number of ether oxygens (including phenoxy) is 1. The van der Waals surface area contributed by atoms with E-state index >= 15 is 0 Å². The number of allylic oxidation sites excluding steroid dienone is 1. The fourth-order valence-corrected chi connectivity index (χ4v) is 1.97. The Morgan fingerprint density at radius 1 is 1.41 bits per heavy atom. The first kappa shape index (κ1) is 12.3. The van der Waals surface area contributed by atoms with E-state index in [4.69, 9.17) is 27.9 Å². The van der Waals surface area contributed by atoms with Gasteiger partial charge in [-0.15, -0.1) is 0 Å². The maximum atomic E-state index is 5.92. The molecule has 2 nitrogen and oxygen atoms in total. The van der Waals surface area contributed by atoms with Gasteiger partial charge in [0.15, 0.2) is 0 Å². The fraction of sp³-hybridized carbons (Fsp3) is 0.231. The summed E-state index contributed by atoms with van der Waals surface area (Å²) < 4.78 is 7.51. The first-order valence-electron chi connectivity index (χ1n) is 5.41. The van der Waals surface area contributed by atoms with Crippen molar-refractivity contribution >= 4 is 34.1 Å². The lowest BCUT2D eigenvalue weighted by atomic mass is 10.2. The quantitative estimate of drug-likeness (QED) is 0.805. The molecule has 0 atom stereocenters. The van der Waals surface area contributed by atoms with Crippen molar-refractivity contribution in [3.05, 3.63) is 41.0 Å². The number of fused-ring (bicyclic) bond motifs is 1. The van der Waals surface area contributed by atoms with E-state index < -0.39 is 0 Å². The van der Waals surface area contributed by atoms with Crippen LogP contribution in [0.3, 0.4) is 0 Å². The van der Waals surface area contributed by atoms with E-state index in [2.05, 4.69) is 0 Å². The third-order valence-corrected chi connectivity index (χ3v) is 3.10. The van der Waals surface area contributed by atoms with E-state index in [1.54, 1.807) is 0 Å². The van der Waals surface area contributed by atoms with Crippen molar-refractivity contribution in [1.29, 1.82) is 0 Å². The first-order valence-corrected chi connectivity index (χ1v) is 6.22. The molecule has 0 aliphatic rings. The van der Waals surface area contributed by atoms with Gasteiger partial charge in [0.05, 0.1) is 13.2 Å². The van der Waals surface area contributed by atoms with Crippen molar-refractivity contribution in [2.45, 2.75) is 13.5 Å². The molecule has 1 aromatic heterocycles. The van der Waals surface area contributed by atoms with Crippen LogP contribution in [-0.4, -0.2) is 11.2 Å². The van der Waals surface area contributed by atoms with Gasteiger partial charge in [0.2, 0.25) is 0 Å². The lowest BCUT2D eigenvalue weighted by Crippen LogP contribution is -1.96. The highest BCUT2D eigenvalue weighted by Gasteiger charge is 2.03. The Hall–Kier alpha value is -1.12. The van der Waals surface area contributed by atoms with Gasteiger partial charge < -0.3 is 9.30 Å². The molecule has 0 N–H and O–H groups in total. The van der Waals surface area contributed by atoms with Crippen molar-refractivity contribution < 1.29 is 4.74 Å². The summed E-state index contributed by atoms with van der Waals surface area (Å²) >= 11 is 11.5. The maximum Gasteiger partial charge on any atom is 0.120 e. The molecule has 0 spiro atoms. The van der Waals surface area contributed by atoms with Gasteiger partial charge in [0.25, 0.3) is 0 Å². The SMILES string of the molecule is CCOc1ccc2c(ccn2C/C(Cl)=C/Cl)c1. The van der Waals surface area contributed by atoms with Crippen LogP contribution in [0.25, 0.3) is 10.9 Å². The second-order valence-electron chi connectivity index (χ2n) is 3.65. The van der Waals surface area contributed by atoms with E-state index in [1.165, 1.54) is 5.54 Å². The Balaban J connectivity index is 2.34. The van der Waals surface area contributed by atoms with Crippen molar-refractivity contribution in [2.75, 3.05) is 6.61 Å². The summed E-state index contributed by atoms with van der Waals surface area (Å²) in [6, 6.07) is 8.04. The van der Waals surface area contributed by atoms with Crippen LogP contribution in [0.15, 0.2) is 41.0 Å². The van der Waals surface area contributed by atoms with Gasteiger partial charge in [-0.2, -0.15) is 0 Å². The number of hydrogen-bond acceptors (Lipinski definition) is 1. The van der Waals surface area contributed by atoms with E-state index in [0.717, 1.165) is 16.7 Å². The van der Waals surface area contributed by atoms with E-state index in [9.17, 15) is 0 Å². The summed E-state index contributed by atoms with van der Waals surface area (Å²) in [6.45, 7) is 3.23. The highest BCUT2D eigenvalue weighted by Crippen LogP contribution is 2.23. The third-order valence-electron chi connectivity index (χ3n) is 2.49. The van der Waals surface area contributed by atoms with Crippen molar-refractivity contribution in [3.8, 4) is 5.75 Å². The van der Waals surface area contributed by atoms with Crippen molar-refractivity contribution in [1.82, 2.24) is 4.57 Å². The first-order chi connectivity index (χ1) is 8.24. The molecule has 0 saturated carbocycles. The molecule has 0 radical (unpaired) electrons. The largest absolute Gasteiger partial charge is 0.494 e. The fourth-order valence-electron chi connectivity index (χ4n) is 1.77. The summed E-state index contributed by atoms with van der Waals surface area (Å²) in [7, 11) is 0. The molecule has 4 heteroatoms. The number of halogens is 2. The molecule has 2 rings (SSSR count). The molecule has 0 unspecified atom stereocenters. The molecule has 0 aliphatic heterocycles. The van der Waals surface area contributed by atoms with Crippen molar-refractivity contribution in [2.24, 2.45) is 0 Å². The van der Waals surface area contributed by atoms with Crippen LogP contribution in [-0.2, 0) is 6.54 Å². The Bertz CT molecular complexity index is 545. The minimum atomic E-state index is 0.586. The molecule has 0 amide bonds. The molecule has 0 fully saturated rings. The van der Waals surface area contributed by atoms with Gasteiger partial charge in [0.1, 0.15) is 5.75 Å². The second-order valence-corrected chi connectivity index (χ2v) is 4.36. The van der Waals surface area contributed by atoms with Crippen LogP contribution in [0.5, 0.6) is 5.75 Å². The van der Waals surface area contributed by atoms with Gasteiger partial charge in [0, 0.05) is 27.7 Å². The van der Waals surface area contributed by atoms with Gasteiger partial charge >= 0.3 is 0 Å². The number of hydrogen-bond donors (Lipinski definition) is 0. The Morgan fingerprint density at radius 3 is 2.94 bits per heavy atom. The third kappa shape index (κ3) is 2.76. The van der Waals surface area contributed by atoms with Gasteiger partial charge in [-0.05, 0) is 31.2 Å². The summed E-state index contributed by atoms with van der Waals surface area (Å²) in [4.78, 5) is 0. The van der Waals surface area contributed by atoms with Crippen molar-refractivity contribution in [3.63, 3.8) is 0 Å². The smallest absolute Gasteiger partial charge is 0.120 e. The number of nitrogens with zero attached hydrogens (tertiary/aromatic N) is 1. The van der Waals surface area contributed by atoms with Crippen LogP contribution < -0.4 is 4.74 Å². The molecule has 2 aromatic rings. The van der Waals surface area contributed by atoms with Crippen LogP contribution in [0.1, 0.15) is 6.92 Å². The topological polar surface area (TPSA) is 14.2 Å². The second kappa shape index (κ2) is 5.48. The number of aromatic nitrogens is 1. The number of rotatable bonds is 4. The van der Waals surface area contributed by atoms with Gasteiger partial charge in [-0.25, -0.2) is 0 Å². The predicted molar refractivity (Wildman–Crippen MR) is 72.9 cm³/mol. The van der Waals surface area contributed by atoms with Crippen LogP contribution >= 0.6 is 23.2 Å². The van der Waals surface area contributed by atoms with E-state index in [-0.39, 0.29) is 0 Å². The monoisotopic (exact) mass is 269 g/mol. The average Bonchev–Trinajstić information content (AvgIpc) is 2.72. The zero-order valence-electron chi connectivity index (χ0n) is 9.49. The molecule has 0 bridgehead atoms. The van der Waals surface area contributed by atoms with Crippen LogP contribution in [0.4, 0.5) is 0 Å². The number of benzene rings is 1. The lowest BCUT2D eigenvalue weighted by Gasteiger charge is -2.05. The molecular formula is C13H13Cl2NO. The molecule has 0 saturated heterocycles. The summed E-state index contributed by atoms with van der Waals surface area (Å²) in [5, 5.41) is 1.74. The standard InChI is InChI=1S/C13H13Cl2NO/c1-2-17-12-3-4-13-10(7-12)5-6-16(13)9-11(15)8-14/h3-8H,2,9H2,1H3/b11-8-. The van der Waals surface area contributed by atoms with E-state index in [1.807, 2.05) is 42.0 Å². The zero-order chi connectivity index (χ0) is 12.3. The molecular weight excluding hydrogens is 257 g/mol. The molecule has 1 heterocycles. The lowest BCUT2D eigenvalue weighted by molar-refractivity contribution is 0.340. The molecule has 0 aliphatic carbocycles. The molecule has 90 valence electrons. The minimum Gasteiger partial charge on any atom is -0.494 e. The molecule has 1 aromatic carbocycles. The van der Waals surface area contributed by atoms with Gasteiger partial charge in [-0.1, -0.05) is 23.2 Å². The minimum absolute atomic E-state index is 0.586. The Kier molecular flexibility index (Phi) is 3.97. The van der Waals surface area contributed by atoms with Gasteiger partial charge in [-0.3, -0.25) is 0 Å². The summed E-state index contributed by atoms with van der Waals surface area (Å²) in [5.74, 6) is 0.886. The summed E-state index contributed by atoms with van der Waals surface area (Å²) in [6.07, 6.45) is 1.99. The predicted octanol–water partition coefficient (Wildman–Crippen LogP) is 4.36. The maximum absolute atomic E-state index is 5.92.